The second kappa shape index (κ2) is 22.3. The maximum Gasteiger partial charge on any atom is 0.167 e. The Hall–Kier alpha value is -13.8. The van der Waals surface area contributed by atoms with Crippen molar-refractivity contribution in [1.82, 2.24) is 39.9 Å². The standard InChI is InChI=1S/C89H51N11O2S/c1-3-20-50(21-4-1)82-94-84(98-86(96-82)64-35-14-29-58-57-26-8-12-42-74(57)103-81(58)64)61-32-17-37-68-75(61)59-30-15-34-63(78(59)91-68)88-93-69-38-16-27-54(77(69)89-92-67-36-9-10-39-71(67)100(88)89)53-46-65-56-25-7-11-40-72(56)101-80(65)66(47-53)87-97-83(51-22-5-2-6-23-51)95-85(99-87)62-33-18-41-73-76(62)60-31-13-28-55(79(60)102-73)52-44-43-49-24-19-45-90-70(49)48-52/h1-48,89,91-92H. The summed E-state index contributed by atoms with van der Waals surface area (Å²) in [4.78, 5) is 49.1. The van der Waals surface area contributed by atoms with Crippen LogP contribution in [0, 0.1) is 0 Å². The molecule has 0 bridgehead atoms. The monoisotopic (exact) mass is 1340 g/mol. The molecule has 14 heteroatoms. The lowest BCUT2D eigenvalue weighted by Crippen LogP contribution is -2.37. The van der Waals surface area contributed by atoms with Crippen LogP contribution in [0.2, 0.25) is 0 Å². The Balaban J connectivity index is 0.715. The molecule has 480 valence electrons. The molecule has 1 atom stereocenters. The first-order valence-corrected chi connectivity index (χ1v) is 35.1. The number of anilines is 2. The smallest absolute Gasteiger partial charge is 0.167 e. The molecule has 20 aromatic rings. The number of amidine groups is 1. The van der Waals surface area contributed by atoms with Crippen LogP contribution < -0.4 is 10.2 Å². The topological polar surface area (TPSA) is 160 Å². The fourth-order valence-corrected chi connectivity index (χ4v) is 16.9. The molecule has 2 N–H and O–H groups in total. The van der Waals surface area contributed by atoms with Gasteiger partial charge in [-0.2, -0.15) is 0 Å². The third-order valence-corrected chi connectivity index (χ3v) is 21.6. The van der Waals surface area contributed by atoms with E-state index in [2.05, 4.69) is 226 Å². The van der Waals surface area contributed by atoms with Crippen molar-refractivity contribution in [2.45, 2.75) is 6.17 Å². The van der Waals surface area contributed by atoms with Gasteiger partial charge in [0.15, 0.2) is 34.9 Å². The molecule has 0 radical (unpaired) electrons. The normalized spacial score (nSPS) is 13.5. The van der Waals surface area contributed by atoms with Gasteiger partial charge in [-0.05, 0) is 95.6 Å². The predicted molar refractivity (Wildman–Crippen MR) is 417 cm³/mol. The van der Waals surface area contributed by atoms with Crippen molar-refractivity contribution in [3.8, 4) is 90.6 Å². The zero-order valence-electron chi connectivity index (χ0n) is 54.5. The zero-order chi connectivity index (χ0) is 67.4. The van der Waals surface area contributed by atoms with E-state index >= 15 is 0 Å². The fraction of sp³-hybridized carbons (Fsp3) is 0.0112. The number of benzene rings is 13. The highest BCUT2D eigenvalue weighted by atomic mass is 32.1. The quantitative estimate of drug-likeness (QED) is 0.142. The van der Waals surface area contributed by atoms with E-state index in [0.717, 1.165) is 154 Å². The number of aromatic nitrogens is 8. The molecule has 0 aliphatic carbocycles. The van der Waals surface area contributed by atoms with Crippen LogP contribution in [0.4, 0.5) is 17.1 Å². The summed E-state index contributed by atoms with van der Waals surface area (Å²) in [6.45, 7) is 0. The second-order valence-corrected chi connectivity index (χ2v) is 27.2. The fourth-order valence-electron chi connectivity index (χ4n) is 15.7. The van der Waals surface area contributed by atoms with Gasteiger partial charge in [0.25, 0.3) is 0 Å². The van der Waals surface area contributed by atoms with Crippen molar-refractivity contribution >= 4 is 131 Å². The number of fused-ring (bicyclic) bond motifs is 18. The zero-order valence-corrected chi connectivity index (χ0v) is 55.4. The minimum Gasteiger partial charge on any atom is -0.455 e. The van der Waals surface area contributed by atoms with Gasteiger partial charge in [0, 0.05) is 114 Å². The molecule has 7 aromatic heterocycles. The molecule has 13 aromatic carbocycles. The molecule has 9 heterocycles. The summed E-state index contributed by atoms with van der Waals surface area (Å²) >= 11 is 1.77. The molecule has 0 saturated heterocycles. The van der Waals surface area contributed by atoms with Crippen LogP contribution in [-0.2, 0) is 0 Å². The molecule has 0 fully saturated rings. The lowest BCUT2D eigenvalue weighted by atomic mass is 9.91. The number of rotatable bonds is 9. The van der Waals surface area contributed by atoms with Gasteiger partial charge in [-0.25, -0.2) is 34.9 Å². The second-order valence-electron chi connectivity index (χ2n) is 26.2. The van der Waals surface area contributed by atoms with Gasteiger partial charge in [0.2, 0.25) is 0 Å². The van der Waals surface area contributed by atoms with E-state index in [-0.39, 0.29) is 0 Å². The minimum absolute atomic E-state index is 0.394. The molecular formula is C89H51N11O2S. The highest BCUT2D eigenvalue weighted by molar-refractivity contribution is 7.26. The van der Waals surface area contributed by atoms with E-state index in [0.29, 0.717) is 51.7 Å². The Kier molecular flexibility index (Phi) is 12.4. The number of nitrogens with zero attached hydrogens (tertiary/aromatic N) is 9. The summed E-state index contributed by atoms with van der Waals surface area (Å²) < 4.78 is 16.2. The SMILES string of the molecule is c1ccc(-c2nc(-c3cccc4c3sc3ccccc34)nc(-c3cccc4[nH]c5c(C6=Nc7cccc(-c8cc(-c9nc(-c%10ccccc%10)nc(-c%10cccc%11oc%12c(-c%13ccc%14cccnc%14c%13)cccc%12c%10%11)n9)c9oc%10ccccc%10c9c8)c7C7Nc8ccccc8N67)cccc5c34)n2)cc1. The van der Waals surface area contributed by atoms with Crippen LogP contribution in [0.15, 0.2) is 305 Å². The van der Waals surface area contributed by atoms with Crippen molar-refractivity contribution in [1.29, 1.82) is 0 Å². The Morgan fingerprint density at radius 3 is 1.81 bits per heavy atom. The third kappa shape index (κ3) is 8.91. The summed E-state index contributed by atoms with van der Waals surface area (Å²) in [6.07, 6.45) is 1.43. The summed E-state index contributed by atoms with van der Waals surface area (Å²) in [5.41, 5.74) is 19.5. The van der Waals surface area contributed by atoms with Gasteiger partial charge in [-0.1, -0.05) is 206 Å². The van der Waals surface area contributed by atoms with Gasteiger partial charge in [-0.15, -0.1) is 11.3 Å². The van der Waals surface area contributed by atoms with Crippen LogP contribution in [-0.4, -0.2) is 45.7 Å². The van der Waals surface area contributed by atoms with Gasteiger partial charge in [-0.3, -0.25) is 9.88 Å². The van der Waals surface area contributed by atoms with E-state index in [9.17, 15) is 0 Å². The van der Waals surface area contributed by atoms with Crippen LogP contribution >= 0.6 is 11.3 Å². The number of thiophene rings is 1. The average molecular weight is 1340 g/mol. The van der Waals surface area contributed by atoms with Crippen LogP contribution in [0.5, 0.6) is 0 Å². The van der Waals surface area contributed by atoms with Gasteiger partial charge in [0.05, 0.1) is 33.7 Å². The van der Waals surface area contributed by atoms with Crippen molar-refractivity contribution in [3.05, 3.63) is 302 Å². The molecule has 0 saturated carbocycles. The van der Waals surface area contributed by atoms with E-state index in [4.69, 9.17) is 43.7 Å². The Bertz CT molecular complexity index is 7020. The first-order valence-electron chi connectivity index (χ1n) is 34.2. The maximum absolute atomic E-state index is 6.99. The lowest BCUT2D eigenvalue weighted by molar-refractivity contribution is 0.669. The van der Waals surface area contributed by atoms with Crippen molar-refractivity contribution in [2.75, 3.05) is 10.2 Å². The molecule has 0 amide bonds. The number of aromatic amines is 1. The Morgan fingerprint density at radius 2 is 0.981 bits per heavy atom. The van der Waals surface area contributed by atoms with Crippen molar-refractivity contribution < 1.29 is 8.83 Å². The molecule has 103 heavy (non-hydrogen) atoms. The highest BCUT2D eigenvalue weighted by Crippen LogP contribution is 2.53. The molecule has 1 unspecified atom stereocenters. The number of pyridine rings is 1. The first kappa shape index (κ1) is 57.1. The Labute approximate surface area is 590 Å². The summed E-state index contributed by atoms with van der Waals surface area (Å²) in [5.74, 6) is 4.05. The summed E-state index contributed by atoms with van der Waals surface area (Å²) in [6, 6.07) is 98.5. The van der Waals surface area contributed by atoms with E-state index in [1.165, 1.54) is 15.5 Å². The summed E-state index contributed by atoms with van der Waals surface area (Å²) in [5, 5.41) is 13.2. The van der Waals surface area contributed by atoms with Crippen LogP contribution in [0.25, 0.3) is 187 Å². The highest BCUT2D eigenvalue weighted by Gasteiger charge is 2.41. The van der Waals surface area contributed by atoms with Crippen molar-refractivity contribution in [3.63, 3.8) is 0 Å². The maximum atomic E-state index is 6.99. The predicted octanol–water partition coefficient (Wildman–Crippen LogP) is 22.8. The number of furan rings is 2. The van der Waals surface area contributed by atoms with Gasteiger partial charge < -0.3 is 19.1 Å². The molecular weight excluding hydrogens is 1290 g/mol. The molecule has 13 nitrogen and oxygen atoms in total. The number of hydrogen-bond acceptors (Lipinski definition) is 13. The van der Waals surface area contributed by atoms with Gasteiger partial charge >= 0.3 is 0 Å². The number of para-hydroxylation sites is 5. The number of hydrogen-bond donors (Lipinski definition) is 2. The summed E-state index contributed by atoms with van der Waals surface area (Å²) in [7, 11) is 0. The molecule has 22 rings (SSSR count). The largest absolute Gasteiger partial charge is 0.455 e. The lowest BCUT2D eigenvalue weighted by Gasteiger charge is -2.34. The minimum atomic E-state index is -0.394. The third-order valence-electron chi connectivity index (χ3n) is 20.4. The number of aliphatic imine (C=N–C) groups is 1. The first-order chi connectivity index (χ1) is 51.0. The molecule has 0 spiro atoms. The average Bonchev–Trinajstić information content (AvgIpc) is 1.60. The number of nitrogens with one attached hydrogen (secondary N) is 2. The van der Waals surface area contributed by atoms with Crippen molar-refractivity contribution in [2.24, 2.45) is 4.99 Å². The van der Waals surface area contributed by atoms with E-state index in [1.54, 1.807) is 11.3 Å². The van der Waals surface area contributed by atoms with Crippen LogP contribution in [0.1, 0.15) is 17.3 Å². The Morgan fingerprint density at radius 1 is 0.379 bits per heavy atom. The van der Waals surface area contributed by atoms with E-state index < -0.39 is 6.17 Å². The van der Waals surface area contributed by atoms with Gasteiger partial charge in [0.1, 0.15) is 34.3 Å². The number of H-pyrrole nitrogens is 1. The molecule has 2 aliphatic rings. The molecule has 2 aliphatic heterocycles. The van der Waals surface area contributed by atoms with Crippen LogP contribution in [0.3, 0.4) is 0 Å². The van der Waals surface area contributed by atoms with E-state index in [1.807, 2.05) is 85.1 Å².